The Morgan fingerprint density at radius 3 is 2.38 bits per heavy atom. The number of benzene rings is 1. The van der Waals surface area contributed by atoms with Crippen LogP contribution in [0.4, 0.5) is 13.2 Å². The molecule has 0 bridgehead atoms. The summed E-state index contributed by atoms with van der Waals surface area (Å²) in [6.45, 7) is 0.313. The van der Waals surface area contributed by atoms with Gasteiger partial charge in [0.2, 0.25) is 10.0 Å². The number of nitrogens with one attached hydrogen (secondary N) is 1. The van der Waals surface area contributed by atoms with Gasteiger partial charge in [0.25, 0.3) is 0 Å². The zero-order valence-electron chi connectivity index (χ0n) is 11.0. The fourth-order valence-corrected chi connectivity index (χ4v) is 3.86. The van der Waals surface area contributed by atoms with Gasteiger partial charge in [-0.15, -0.1) is 12.4 Å². The molecule has 0 amide bonds. The summed E-state index contributed by atoms with van der Waals surface area (Å²) in [5, 5.41) is 0. The first-order valence-electron chi connectivity index (χ1n) is 6.22. The van der Waals surface area contributed by atoms with E-state index in [1.807, 2.05) is 0 Å². The van der Waals surface area contributed by atoms with E-state index >= 15 is 0 Å². The van der Waals surface area contributed by atoms with Crippen LogP contribution in [-0.2, 0) is 10.0 Å². The highest BCUT2D eigenvalue weighted by Crippen LogP contribution is 2.27. The molecule has 2 rings (SSSR count). The minimum atomic E-state index is -4.24. The number of hydrogen-bond acceptors (Lipinski definition) is 3. The summed E-state index contributed by atoms with van der Waals surface area (Å²) < 4.78 is 65.9. The van der Waals surface area contributed by atoms with E-state index in [1.54, 1.807) is 0 Å². The van der Waals surface area contributed by atoms with Crippen molar-refractivity contribution in [1.82, 2.24) is 4.72 Å². The zero-order valence-corrected chi connectivity index (χ0v) is 12.6. The topological polar surface area (TPSA) is 72.2 Å². The molecule has 1 aliphatic carbocycles. The Hall–Kier alpha value is -0.830. The van der Waals surface area contributed by atoms with Crippen LogP contribution in [0.3, 0.4) is 0 Å². The van der Waals surface area contributed by atoms with Crippen molar-refractivity contribution in [3.63, 3.8) is 0 Å². The van der Waals surface area contributed by atoms with Gasteiger partial charge in [-0.3, -0.25) is 0 Å². The van der Waals surface area contributed by atoms with Crippen LogP contribution in [0.1, 0.15) is 19.3 Å². The van der Waals surface area contributed by atoms with Gasteiger partial charge in [0.05, 0.1) is 0 Å². The van der Waals surface area contributed by atoms with E-state index < -0.39 is 38.4 Å². The van der Waals surface area contributed by atoms with Crippen LogP contribution in [0.5, 0.6) is 0 Å². The quantitative estimate of drug-likeness (QED) is 0.820. The highest BCUT2D eigenvalue weighted by atomic mass is 35.5. The fourth-order valence-electron chi connectivity index (χ4n) is 2.45. The van der Waals surface area contributed by atoms with Crippen molar-refractivity contribution in [1.29, 1.82) is 0 Å². The average molecular weight is 345 g/mol. The number of nitrogens with two attached hydrogens (primary N) is 1. The lowest BCUT2D eigenvalue weighted by Crippen LogP contribution is -2.40. The molecular formula is C12H16ClF3N2O2S. The molecule has 2 unspecified atom stereocenters. The van der Waals surface area contributed by atoms with E-state index in [0.717, 1.165) is 12.8 Å². The highest BCUT2D eigenvalue weighted by molar-refractivity contribution is 7.89. The Kier molecular flexibility index (Phi) is 6.03. The number of hydrogen-bond donors (Lipinski definition) is 2. The van der Waals surface area contributed by atoms with E-state index in [-0.39, 0.29) is 24.4 Å². The molecule has 1 aromatic rings. The van der Waals surface area contributed by atoms with Gasteiger partial charge in [-0.1, -0.05) is 6.42 Å². The molecular weight excluding hydrogens is 329 g/mol. The van der Waals surface area contributed by atoms with Crippen molar-refractivity contribution >= 4 is 22.4 Å². The molecule has 2 atom stereocenters. The first kappa shape index (κ1) is 18.2. The lowest BCUT2D eigenvalue weighted by molar-refractivity contribution is 0.448. The van der Waals surface area contributed by atoms with Crippen molar-refractivity contribution in [2.24, 2.45) is 11.7 Å². The molecule has 0 spiro atoms. The second kappa shape index (κ2) is 6.95. The van der Waals surface area contributed by atoms with Gasteiger partial charge in [0.1, 0.15) is 10.7 Å². The van der Waals surface area contributed by atoms with Crippen molar-refractivity contribution in [3.8, 4) is 0 Å². The molecule has 1 aliphatic rings. The molecule has 0 aromatic heterocycles. The van der Waals surface area contributed by atoms with E-state index in [1.165, 1.54) is 0 Å². The van der Waals surface area contributed by atoms with Gasteiger partial charge in [-0.2, -0.15) is 0 Å². The molecule has 0 saturated heterocycles. The van der Waals surface area contributed by atoms with Gasteiger partial charge in [0.15, 0.2) is 11.6 Å². The molecule has 3 N–H and O–H groups in total. The Labute approximate surface area is 127 Å². The van der Waals surface area contributed by atoms with Crippen LogP contribution in [0.25, 0.3) is 0 Å². The van der Waals surface area contributed by atoms with Crippen molar-refractivity contribution in [3.05, 3.63) is 29.6 Å². The van der Waals surface area contributed by atoms with E-state index in [0.29, 0.717) is 19.0 Å². The molecule has 0 aliphatic heterocycles. The maximum Gasteiger partial charge on any atom is 0.243 e. The second-order valence-corrected chi connectivity index (χ2v) is 6.53. The summed E-state index contributed by atoms with van der Waals surface area (Å²) in [7, 11) is -4.24. The van der Waals surface area contributed by atoms with E-state index in [9.17, 15) is 21.6 Å². The van der Waals surface area contributed by atoms with Gasteiger partial charge in [0, 0.05) is 12.1 Å². The Balaban J connectivity index is 0.00000220. The number of halogens is 4. The highest BCUT2D eigenvalue weighted by Gasteiger charge is 2.32. The fraction of sp³-hybridized carbons (Fsp3) is 0.500. The number of rotatable bonds is 4. The summed E-state index contributed by atoms with van der Waals surface area (Å²) in [5.74, 6) is -4.19. The average Bonchev–Trinajstić information content (AvgIpc) is 2.80. The smallest absolute Gasteiger partial charge is 0.243 e. The third-order valence-corrected chi connectivity index (χ3v) is 5.04. The van der Waals surface area contributed by atoms with Crippen LogP contribution in [0, 0.1) is 23.4 Å². The molecule has 1 aromatic carbocycles. The first-order chi connectivity index (χ1) is 9.35. The molecule has 21 heavy (non-hydrogen) atoms. The van der Waals surface area contributed by atoms with E-state index in [2.05, 4.69) is 4.72 Å². The SMILES string of the molecule is Cl.NCC1CCCC1NS(=O)(=O)c1cc(F)c(F)cc1F. The summed E-state index contributed by atoms with van der Waals surface area (Å²) in [6.07, 6.45) is 2.19. The third-order valence-electron chi connectivity index (χ3n) is 3.53. The largest absolute Gasteiger partial charge is 0.330 e. The van der Waals surface area contributed by atoms with Gasteiger partial charge in [-0.25, -0.2) is 26.3 Å². The molecule has 1 fully saturated rings. The summed E-state index contributed by atoms with van der Waals surface area (Å²) >= 11 is 0. The minimum Gasteiger partial charge on any atom is -0.330 e. The van der Waals surface area contributed by atoms with Gasteiger partial charge >= 0.3 is 0 Å². The second-order valence-electron chi connectivity index (χ2n) is 4.85. The molecule has 4 nitrogen and oxygen atoms in total. The van der Waals surface area contributed by atoms with Crippen LogP contribution in [0.2, 0.25) is 0 Å². The summed E-state index contributed by atoms with van der Waals surface area (Å²) in [6, 6.07) is 0.163. The maximum atomic E-state index is 13.5. The molecule has 120 valence electrons. The van der Waals surface area contributed by atoms with Crippen LogP contribution in [-0.4, -0.2) is 21.0 Å². The van der Waals surface area contributed by atoms with Crippen molar-refractivity contribution in [2.75, 3.05) is 6.54 Å². The van der Waals surface area contributed by atoms with Crippen LogP contribution in [0.15, 0.2) is 17.0 Å². The molecule has 9 heteroatoms. The molecule has 0 radical (unpaired) electrons. The lowest BCUT2D eigenvalue weighted by Gasteiger charge is -2.19. The van der Waals surface area contributed by atoms with Crippen LogP contribution < -0.4 is 10.5 Å². The Bertz CT molecular complexity index is 613. The van der Waals surface area contributed by atoms with Crippen molar-refractivity contribution in [2.45, 2.75) is 30.2 Å². The van der Waals surface area contributed by atoms with E-state index in [4.69, 9.17) is 5.73 Å². The summed E-state index contributed by atoms with van der Waals surface area (Å²) in [5.41, 5.74) is 5.54. The Morgan fingerprint density at radius 1 is 1.14 bits per heavy atom. The minimum absolute atomic E-state index is 0. The third kappa shape index (κ3) is 3.88. The van der Waals surface area contributed by atoms with Gasteiger partial charge < -0.3 is 5.73 Å². The normalized spacial score (nSPS) is 22.1. The van der Waals surface area contributed by atoms with Crippen molar-refractivity contribution < 1.29 is 21.6 Å². The van der Waals surface area contributed by atoms with Crippen LogP contribution >= 0.6 is 12.4 Å². The lowest BCUT2D eigenvalue weighted by atomic mass is 10.1. The standard InChI is InChI=1S/C12H15F3N2O2S.ClH/c13-8-4-10(15)12(5-9(8)14)20(18,19)17-11-3-1-2-7(11)6-16;/h4-5,7,11,17H,1-3,6,16H2;1H. The monoisotopic (exact) mass is 344 g/mol. The Morgan fingerprint density at radius 2 is 1.76 bits per heavy atom. The number of sulfonamides is 1. The predicted molar refractivity (Wildman–Crippen MR) is 74.1 cm³/mol. The maximum absolute atomic E-state index is 13.5. The summed E-state index contributed by atoms with van der Waals surface area (Å²) in [4.78, 5) is -0.890. The predicted octanol–water partition coefficient (Wildman–Crippen LogP) is 1.93. The van der Waals surface area contributed by atoms with Gasteiger partial charge in [-0.05, 0) is 31.4 Å². The molecule has 0 heterocycles. The zero-order chi connectivity index (χ0) is 14.9. The first-order valence-corrected chi connectivity index (χ1v) is 7.70. The molecule has 1 saturated carbocycles.